The third kappa shape index (κ3) is 7.18. The maximum Gasteiger partial charge on any atom is 0.237 e. The highest BCUT2D eigenvalue weighted by Gasteiger charge is 2.19. The quantitative estimate of drug-likeness (QED) is 0.210. The Morgan fingerprint density at radius 1 is 1.06 bits per heavy atom. The van der Waals surface area contributed by atoms with Crippen molar-refractivity contribution in [3.05, 3.63) is 77.0 Å². The summed E-state index contributed by atoms with van der Waals surface area (Å²) in [5.74, 6) is -0.0553. The number of thiocarbonyl (C=S) groups is 1. The fourth-order valence-electron chi connectivity index (χ4n) is 2.97. The normalized spacial score (nSPS) is 11.4. The molecule has 1 atom stereocenters. The molecule has 0 saturated heterocycles. The van der Waals surface area contributed by atoms with Crippen LogP contribution >= 0.6 is 39.9 Å². The molecule has 0 radical (unpaired) electrons. The maximum absolute atomic E-state index is 14.1. The Labute approximate surface area is 210 Å². The molecule has 0 fully saturated rings. The molecular weight excluding hydrogens is 525 g/mol. The average Bonchev–Trinajstić information content (AvgIpc) is 2.79. The molecule has 3 aromatic rings. The molecule has 1 unspecified atom stereocenters. The van der Waals surface area contributed by atoms with E-state index in [0.29, 0.717) is 21.8 Å². The molecule has 0 aliphatic rings. The molecule has 3 aromatic carbocycles. The molecular formula is C24H23BrFN3O2S2. The monoisotopic (exact) mass is 547 g/mol. The zero-order valence-corrected chi connectivity index (χ0v) is 21.2. The van der Waals surface area contributed by atoms with Crippen LogP contribution in [0.4, 0.5) is 21.5 Å². The van der Waals surface area contributed by atoms with Crippen LogP contribution in [0.1, 0.15) is 13.3 Å². The fourth-order valence-corrected chi connectivity index (χ4v) is 4.54. The molecule has 0 spiro atoms. The Balaban J connectivity index is 1.64. The van der Waals surface area contributed by atoms with Gasteiger partial charge >= 0.3 is 0 Å². The van der Waals surface area contributed by atoms with E-state index < -0.39 is 5.82 Å². The predicted molar refractivity (Wildman–Crippen MR) is 142 cm³/mol. The molecule has 172 valence electrons. The first-order valence-electron chi connectivity index (χ1n) is 10.1. The molecule has 1 amide bonds. The van der Waals surface area contributed by atoms with E-state index in [1.807, 2.05) is 55.5 Å². The second-order valence-electron chi connectivity index (χ2n) is 6.94. The zero-order valence-electron chi connectivity index (χ0n) is 18.0. The number of carbonyl (C=O) groups is 1. The van der Waals surface area contributed by atoms with Gasteiger partial charge in [-0.25, -0.2) is 4.39 Å². The van der Waals surface area contributed by atoms with Crippen molar-refractivity contribution >= 4 is 68.0 Å². The van der Waals surface area contributed by atoms with Gasteiger partial charge in [-0.3, -0.25) is 4.79 Å². The van der Waals surface area contributed by atoms with Gasteiger partial charge in [0.2, 0.25) is 5.91 Å². The molecule has 5 nitrogen and oxygen atoms in total. The van der Waals surface area contributed by atoms with Crippen LogP contribution in [-0.2, 0) is 4.79 Å². The van der Waals surface area contributed by atoms with Crippen molar-refractivity contribution in [3.63, 3.8) is 0 Å². The minimum absolute atomic E-state index is 0.158. The standard InChI is InChI=1S/C24H23BrFN3O2S2/c1-3-22(23(30)28-19-12-11-15(25)13-18(19)26)33-17-8-6-7-16(14-17)27-24(32)29-20-9-4-5-10-21(20)31-2/h4-14,22H,3H2,1-2H3,(H,28,30)(H2,27,29,32). The fraction of sp³-hybridized carbons (Fsp3) is 0.167. The number of benzene rings is 3. The highest BCUT2D eigenvalue weighted by molar-refractivity contribution is 9.10. The number of amides is 1. The van der Waals surface area contributed by atoms with E-state index in [-0.39, 0.29) is 16.8 Å². The topological polar surface area (TPSA) is 62.4 Å². The third-order valence-corrected chi connectivity index (χ3v) is 6.63. The number of carbonyl (C=O) groups excluding carboxylic acids is 1. The minimum atomic E-state index is -0.486. The summed E-state index contributed by atoms with van der Waals surface area (Å²) in [5.41, 5.74) is 1.69. The molecule has 0 heterocycles. The predicted octanol–water partition coefficient (Wildman–Crippen LogP) is 6.92. The number of methoxy groups -OCH3 is 1. The summed E-state index contributed by atoms with van der Waals surface area (Å²) in [4.78, 5) is 13.6. The molecule has 3 rings (SSSR count). The molecule has 0 aliphatic heterocycles. The number of nitrogens with one attached hydrogen (secondary N) is 3. The van der Waals surface area contributed by atoms with Crippen LogP contribution in [0.15, 0.2) is 76.1 Å². The van der Waals surface area contributed by atoms with Crippen molar-refractivity contribution in [2.45, 2.75) is 23.5 Å². The lowest BCUT2D eigenvalue weighted by atomic mass is 10.2. The van der Waals surface area contributed by atoms with Crippen molar-refractivity contribution in [1.82, 2.24) is 0 Å². The third-order valence-electron chi connectivity index (χ3n) is 4.58. The molecule has 0 aromatic heterocycles. The maximum atomic E-state index is 14.1. The smallest absolute Gasteiger partial charge is 0.237 e. The molecule has 0 saturated carbocycles. The van der Waals surface area contributed by atoms with Gasteiger partial charge < -0.3 is 20.7 Å². The van der Waals surface area contributed by atoms with Crippen LogP contribution in [0.2, 0.25) is 0 Å². The van der Waals surface area contributed by atoms with Crippen molar-refractivity contribution in [2.75, 3.05) is 23.1 Å². The van der Waals surface area contributed by atoms with E-state index in [1.165, 1.54) is 23.9 Å². The summed E-state index contributed by atoms with van der Waals surface area (Å²) in [6, 6.07) is 19.6. The number of anilines is 3. The van der Waals surface area contributed by atoms with Gasteiger partial charge in [-0.15, -0.1) is 11.8 Å². The molecule has 0 bridgehead atoms. The van der Waals surface area contributed by atoms with Gasteiger partial charge in [0.25, 0.3) is 0 Å². The number of thioether (sulfide) groups is 1. The van der Waals surface area contributed by atoms with E-state index in [2.05, 4.69) is 31.9 Å². The van der Waals surface area contributed by atoms with E-state index in [9.17, 15) is 9.18 Å². The summed E-state index contributed by atoms with van der Waals surface area (Å²) >= 11 is 10.1. The Morgan fingerprint density at radius 2 is 1.85 bits per heavy atom. The Hall–Kier alpha value is -2.62. The van der Waals surface area contributed by atoms with Crippen molar-refractivity contribution in [3.8, 4) is 5.75 Å². The number of para-hydroxylation sites is 2. The van der Waals surface area contributed by atoms with Crippen LogP contribution < -0.4 is 20.7 Å². The SMILES string of the molecule is CCC(Sc1cccc(NC(=S)Nc2ccccc2OC)c1)C(=O)Nc1ccc(Br)cc1F. The minimum Gasteiger partial charge on any atom is -0.495 e. The largest absolute Gasteiger partial charge is 0.495 e. The number of hydrogen-bond acceptors (Lipinski definition) is 4. The second-order valence-corrected chi connectivity index (χ2v) is 9.54. The molecule has 9 heteroatoms. The number of ether oxygens (including phenoxy) is 1. The van der Waals surface area contributed by atoms with Gasteiger partial charge in [-0.2, -0.15) is 0 Å². The molecule has 33 heavy (non-hydrogen) atoms. The average molecular weight is 549 g/mol. The van der Waals surface area contributed by atoms with Crippen LogP contribution in [-0.4, -0.2) is 23.4 Å². The molecule has 3 N–H and O–H groups in total. The number of hydrogen-bond donors (Lipinski definition) is 3. The summed E-state index contributed by atoms with van der Waals surface area (Å²) in [6.45, 7) is 1.92. The summed E-state index contributed by atoms with van der Waals surface area (Å²) in [5, 5.41) is 8.98. The van der Waals surface area contributed by atoms with Crippen LogP contribution in [0.5, 0.6) is 5.75 Å². The lowest BCUT2D eigenvalue weighted by Crippen LogP contribution is -2.25. The first kappa shape index (κ1) is 25.0. The van der Waals surface area contributed by atoms with E-state index >= 15 is 0 Å². The Bertz CT molecular complexity index is 1150. The van der Waals surface area contributed by atoms with E-state index in [1.54, 1.807) is 13.2 Å². The first-order chi connectivity index (χ1) is 15.9. The van der Waals surface area contributed by atoms with Crippen molar-refractivity contribution < 1.29 is 13.9 Å². The number of rotatable bonds is 8. The zero-order chi connectivity index (χ0) is 23.8. The van der Waals surface area contributed by atoms with Gasteiger partial charge in [0.1, 0.15) is 11.6 Å². The summed E-state index contributed by atoms with van der Waals surface area (Å²) in [7, 11) is 1.60. The Kier molecular flexibility index (Phi) is 9.11. The molecule has 0 aliphatic carbocycles. The van der Waals surface area contributed by atoms with Gasteiger partial charge in [0, 0.05) is 15.1 Å². The first-order valence-corrected chi connectivity index (χ1v) is 12.2. The van der Waals surface area contributed by atoms with Crippen LogP contribution in [0, 0.1) is 5.82 Å². The summed E-state index contributed by atoms with van der Waals surface area (Å²) in [6.07, 6.45) is 0.583. The lowest BCUT2D eigenvalue weighted by molar-refractivity contribution is -0.115. The highest BCUT2D eigenvalue weighted by Crippen LogP contribution is 2.30. The highest BCUT2D eigenvalue weighted by atomic mass is 79.9. The second kappa shape index (κ2) is 12.0. The van der Waals surface area contributed by atoms with E-state index in [0.717, 1.165) is 16.3 Å². The van der Waals surface area contributed by atoms with Gasteiger partial charge in [0.15, 0.2) is 5.11 Å². The van der Waals surface area contributed by atoms with Crippen molar-refractivity contribution in [2.24, 2.45) is 0 Å². The van der Waals surface area contributed by atoms with Crippen LogP contribution in [0.25, 0.3) is 0 Å². The van der Waals surface area contributed by atoms with Gasteiger partial charge in [-0.05, 0) is 67.2 Å². The van der Waals surface area contributed by atoms with E-state index in [4.69, 9.17) is 17.0 Å². The van der Waals surface area contributed by atoms with Gasteiger partial charge in [0.05, 0.1) is 23.7 Å². The lowest BCUT2D eigenvalue weighted by Gasteiger charge is -2.16. The summed E-state index contributed by atoms with van der Waals surface area (Å²) < 4.78 is 20.0. The number of halogens is 2. The van der Waals surface area contributed by atoms with Gasteiger partial charge in [-0.1, -0.05) is 41.1 Å². The van der Waals surface area contributed by atoms with Crippen molar-refractivity contribution in [1.29, 1.82) is 0 Å². The Morgan fingerprint density at radius 3 is 2.58 bits per heavy atom. The van der Waals surface area contributed by atoms with Crippen LogP contribution in [0.3, 0.4) is 0 Å².